The lowest BCUT2D eigenvalue weighted by Gasteiger charge is -2.05. The summed E-state index contributed by atoms with van der Waals surface area (Å²) < 4.78 is 0. The number of hydrogen-bond acceptors (Lipinski definition) is 1. The van der Waals surface area contributed by atoms with Crippen LogP contribution >= 0.6 is 39.1 Å². The molecule has 30 heavy (non-hydrogen) atoms. The molecule has 0 fully saturated rings. The largest absolute Gasteiger partial charge is 0.392 e. The lowest BCUT2D eigenvalue weighted by atomic mass is 10.0. The molecule has 4 rings (SSSR count). The summed E-state index contributed by atoms with van der Waals surface area (Å²) in [6.45, 7) is -0.0199. The molecule has 4 aromatic carbocycles. The summed E-state index contributed by atoms with van der Waals surface area (Å²) in [7, 11) is 0. The standard InChI is InChI=1S/C13H10BrCl.C13H11ClO/c14-9-12-7-6-11(8-13(12)15)10-4-2-1-3-5-10;14-13-8-11(6-7-12(13)9-15)10-4-2-1-3-5-10/h1-8H,9H2;1-8,15H,9H2. The Morgan fingerprint density at radius 2 is 1.00 bits per heavy atom. The van der Waals surface area contributed by atoms with E-state index in [1.807, 2.05) is 72.8 Å². The van der Waals surface area contributed by atoms with Gasteiger partial charge in [0.05, 0.1) is 6.61 Å². The van der Waals surface area contributed by atoms with Gasteiger partial charge in [0.2, 0.25) is 0 Å². The SMILES string of the molecule is Clc1cc(-c2ccccc2)ccc1CBr.OCc1ccc(-c2ccccc2)cc1Cl. The van der Waals surface area contributed by atoms with Crippen molar-refractivity contribution in [3.8, 4) is 22.3 Å². The van der Waals surface area contributed by atoms with E-state index in [1.165, 1.54) is 5.56 Å². The van der Waals surface area contributed by atoms with Crippen molar-refractivity contribution in [1.82, 2.24) is 0 Å². The van der Waals surface area contributed by atoms with Crippen LogP contribution in [0.4, 0.5) is 0 Å². The van der Waals surface area contributed by atoms with E-state index in [0.717, 1.165) is 38.2 Å². The molecule has 0 radical (unpaired) electrons. The highest BCUT2D eigenvalue weighted by Crippen LogP contribution is 2.27. The molecule has 0 aliphatic rings. The summed E-state index contributed by atoms with van der Waals surface area (Å²) in [6.07, 6.45) is 0. The minimum atomic E-state index is -0.0199. The molecule has 1 nitrogen and oxygen atoms in total. The van der Waals surface area contributed by atoms with Crippen molar-refractivity contribution in [2.24, 2.45) is 0 Å². The van der Waals surface area contributed by atoms with Crippen molar-refractivity contribution in [2.45, 2.75) is 11.9 Å². The Labute approximate surface area is 196 Å². The molecule has 0 aliphatic heterocycles. The molecule has 4 heteroatoms. The molecule has 4 aromatic rings. The van der Waals surface area contributed by atoms with Crippen molar-refractivity contribution in [1.29, 1.82) is 0 Å². The number of rotatable bonds is 4. The molecular weight excluding hydrogens is 479 g/mol. The quantitative estimate of drug-likeness (QED) is 0.279. The van der Waals surface area contributed by atoms with E-state index in [9.17, 15) is 0 Å². The average molecular weight is 500 g/mol. The first-order chi connectivity index (χ1) is 14.6. The second-order valence-corrected chi connectivity index (χ2v) is 8.01. The van der Waals surface area contributed by atoms with Gasteiger partial charge in [-0.2, -0.15) is 0 Å². The Morgan fingerprint density at radius 3 is 1.37 bits per heavy atom. The summed E-state index contributed by atoms with van der Waals surface area (Å²) in [5, 5.41) is 11.2. The van der Waals surface area contributed by atoms with Gasteiger partial charge in [0, 0.05) is 15.4 Å². The van der Waals surface area contributed by atoms with Crippen LogP contribution in [0.5, 0.6) is 0 Å². The molecule has 0 bridgehead atoms. The van der Waals surface area contributed by atoms with E-state index in [-0.39, 0.29) is 6.61 Å². The molecule has 0 aliphatic carbocycles. The first-order valence-electron chi connectivity index (χ1n) is 9.47. The molecular formula is C26H21BrCl2O. The van der Waals surface area contributed by atoms with Crippen molar-refractivity contribution >= 4 is 39.1 Å². The predicted molar refractivity (Wildman–Crippen MR) is 132 cm³/mol. The molecule has 0 unspecified atom stereocenters. The number of benzene rings is 4. The van der Waals surface area contributed by atoms with E-state index >= 15 is 0 Å². The molecule has 0 spiro atoms. The second-order valence-electron chi connectivity index (χ2n) is 6.64. The minimum Gasteiger partial charge on any atom is -0.392 e. The third kappa shape index (κ3) is 5.96. The summed E-state index contributed by atoms with van der Waals surface area (Å²) in [5.74, 6) is 0. The zero-order valence-corrected chi connectivity index (χ0v) is 19.3. The molecule has 0 aromatic heterocycles. The van der Waals surface area contributed by atoms with Crippen LogP contribution in [0.15, 0.2) is 97.1 Å². The second kappa shape index (κ2) is 11.3. The van der Waals surface area contributed by atoms with Crippen LogP contribution in [0, 0.1) is 0 Å². The van der Waals surface area contributed by atoms with E-state index in [4.69, 9.17) is 28.3 Å². The lowest BCUT2D eigenvalue weighted by Crippen LogP contribution is -1.85. The van der Waals surface area contributed by atoms with Gasteiger partial charge in [0.15, 0.2) is 0 Å². The third-order valence-electron chi connectivity index (χ3n) is 4.63. The van der Waals surface area contributed by atoms with Gasteiger partial charge in [-0.05, 0) is 45.5 Å². The molecule has 152 valence electrons. The van der Waals surface area contributed by atoms with Gasteiger partial charge in [-0.3, -0.25) is 0 Å². The van der Waals surface area contributed by atoms with Gasteiger partial charge in [0.1, 0.15) is 0 Å². The average Bonchev–Trinajstić information content (AvgIpc) is 2.80. The number of hydrogen-bond donors (Lipinski definition) is 1. The fraction of sp³-hybridized carbons (Fsp3) is 0.0769. The summed E-state index contributed by atoms with van der Waals surface area (Å²) in [4.78, 5) is 0. The van der Waals surface area contributed by atoms with Crippen LogP contribution in [0.2, 0.25) is 10.0 Å². The van der Waals surface area contributed by atoms with E-state index in [2.05, 4.69) is 40.2 Å². The molecule has 0 heterocycles. The molecule has 0 atom stereocenters. The van der Waals surface area contributed by atoms with Gasteiger partial charge < -0.3 is 5.11 Å². The van der Waals surface area contributed by atoms with Gasteiger partial charge in [-0.1, -0.05) is 124 Å². The van der Waals surface area contributed by atoms with Crippen LogP contribution < -0.4 is 0 Å². The van der Waals surface area contributed by atoms with E-state index in [1.54, 1.807) is 0 Å². The zero-order valence-electron chi connectivity index (χ0n) is 16.2. The van der Waals surface area contributed by atoms with Gasteiger partial charge in [0.25, 0.3) is 0 Å². The first kappa shape index (κ1) is 22.6. The molecule has 0 saturated carbocycles. The highest BCUT2D eigenvalue weighted by molar-refractivity contribution is 9.08. The fourth-order valence-electron chi connectivity index (χ4n) is 2.95. The van der Waals surface area contributed by atoms with Gasteiger partial charge in [-0.15, -0.1) is 0 Å². The number of aliphatic hydroxyl groups is 1. The monoisotopic (exact) mass is 498 g/mol. The maximum absolute atomic E-state index is 9.00. The first-order valence-corrected chi connectivity index (χ1v) is 11.3. The lowest BCUT2D eigenvalue weighted by molar-refractivity contribution is 0.282. The third-order valence-corrected chi connectivity index (χ3v) is 5.94. The van der Waals surface area contributed by atoms with Crippen LogP contribution in [0.3, 0.4) is 0 Å². The summed E-state index contributed by atoms with van der Waals surface area (Å²) in [5.41, 5.74) is 6.43. The van der Waals surface area contributed by atoms with Crippen LogP contribution in [-0.2, 0) is 11.9 Å². The maximum Gasteiger partial charge on any atom is 0.0696 e. The van der Waals surface area contributed by atoms with E-state index in [0.29, 0.717) is 5.02 Å². The zero-order chi connectivity index (χ0) is 21.3. The Morgan fingerprint density at radius 1 is 0.567 bits per heavy atom. The fourth-order valence-corrected chi connectivity index (χ4v) is 4.09. The Kier molecular flexibility index (Phi) is 8.53. The maximum atomic E-state index is 9.00. The molecule has 0 saturated heterocycles. The number of alkyl halides is 1. The highest BCUT2D eigenvalue weighted by atomic mass is 79.9. The Balaban J connectivity index is 0.000000171. The summed E-state index contributed by atoms with van der Waals surface area (Å²) >= 11 is 15.6. The van der Waals surface area contributed by atoms with Crippen molar-refractivity contribution < 1.29 is 5.11 Å². The topological polar surface area (TPSA) is 20.2 Å². The smallest absolute Gasteiger partial charge is 0.0696 e. The predicted octanol–water partition coefficient (Wildman–Crippen LogP) is 8.40. The molecule has 0 amide bonds. The number of halogens is 3. The van der Waals surface area contributed by atoms with Crippen molar-refractivity contribution in [3.63, 3.8) is 0 Å². The van der Waals surface area contributed by atoms with Gasteiger partial charge in [-0.25, -0.2) is 0 Å². The van der Waals surface area contributed by atoms with E-state index < -0.39 is 0 Å². The Bertz CT molecular complexity index is 994. The summed E-state index contributed by atoms with van der Waals surface area (Å²) in [6, 6.07) is 32.1. The van der Waals surface area contributed by atoms with Crippen molar-refractivity contribution in [2.75, 3.05) is 0 Å². The van der Waals surface area contributed by atoms with Crippen LogP contribution in [0.1, 0.15) is 11.1 Å². The molecule has 1 N–H and O–H groups in total. The van der Waals surface area contributed by atoms with Crippen LogP contribution in [-0.4, -0.2) is 5.11 Å². The minimum absolute atomic E-state index is 0.0199. The van der Waals surface area contributed by atoms with Crippen LogP contribution in [0.25, 0.3) is 22.3 Å². The van der Waals surface area contributed by atoms with Gasteiger partial charge >= 0.3 is 0 Å². The Hall–Kier alpha value is -2.10. The number of aliphatic hydroxyl groups excluding tert-OH is 1. The normalized spacial score (nSPS) is 10.3. The highest BCUT2D eigenvalue weighted by Gasteiger charge is 2.03. The van der Waals surface area contributed by atoms with Crippen molar-refractivity contribution in [3.05, 3.63) is 118 Å².